The van der Waals surface area contributed by atoms with E-state index in [1.165, 1.54) is 49.0 Å². The molecule has 4 heteroatoms. The molecule has 0 aromatic heterocycles. The molecule has 0 unspecified atom stereocenters. The van der Waals surface area contributed by atoms with E-state index >= 15 is 0 Å². The summed E-state index contributed by atoms with van der Waals surface area (Å²) in [5, 5.41) is 8.56. The Hall–Kier alpha value is -2.15. The zero-order chi connectivity index (χ0) is 22.1. The summed E-state index contributed by atoms with van der Waals surface area (Å²) in [7, 11) is 0. The predicted molar refractivity (Wildman–Crippen MR) is 121 cm³/mol. The van der Waals surface area contributed by atoms with Crippen LogP contribution in [0.2, 0.25) is 0 Å². The minimum atomic E-state index is -0.714. The number of nitrogens with zero attached hydrogens (tertiary/aromatic N) is 1. The highest BCUT2D eigenvalue weighted by molar-refractivity contribution is 5.72. The number of allylic oxidation sites excluding steroid dienone is 2. The number of hydrogen-bond donors (Lipinski definition) is 0. The Morgan fingerprint density at radius 3 is 2.35 bits per heavy atom. The van der Waals surface area contributed by atoms with E-state index in [0.717, 1.165) is 51.4 Å². The van der Waals surface area contributed by atoms with E-state index in [4.69, 9.17) is 10.00 Å². The first kappa shape index (κ1) is 23.5. The Labute approximate surface area is 186 Å². The highest BCUT2D eigenvalue weighted by Gasteiger charge is 2.30. The molecule has 2 saturated carbocycles. The number of benzene rings is 1. The van der Waals surface area contributed by atoms with Gasteiger partial charge in [0.05, 0.1) is 5.92 Å². The summed E-state index contributed by atoms with van der Waals surface area (Å²) >= 11 is 0. The van der Waals surface area contributed by atoms with Crippen LogP contribution < -0.4 is 0 Å². The molecular weight excluding hydrogens is 389 g/mol. The number of unbranched alkanes of at least 4 members (excludes halogenated alkanes) is 2. The first-order chi connectivity index (χ1) is 15.1. The Bertz CT molecular complexity index is 763. The molecule has 168 valence electrons. The predicted octanol–water partition coefficient (Wildman–Crippen LogP) is 7.17. The quantitative estimate of drug-likeness (QED) is 0.252. The average molecular weight is 426 g/mol. The molecule has 1 aromatic carbocycles. The van der Waals surface area contributed by atoms with Gasteiger partial charge in [-0.2, -0.15) is 9.65 Å². The molecule has 3 nitrogen and oxygen atoms in total. The van der Waals surface area contributed by atoms with E-state index < -0.39 is 5.83 Å². The van der Waals surface area contributed by atoms with Gasteiger partial charge in [0.1, 0.15) is 12.2 Å². The minimum Gasteiger partial charge on any atom is -0.462 e. The fourth-order valence-electron chi connectivity index (χ4n) is 5.08. The first-order valence-corrected chi connectivity index (χ1v) is 12.2. The molecule has 0 bridgehead atoms. The van der Waals surface area contributed by atoms with Crippen molar-refractivity contribution in [2.45, 2.75) is 96.0 Å². The zero-order valence-corrected chi connectivity index (χ0v) is 18.8. The summed E-state index contributed by atoms with van der Waals surface area (Å²) in [6.45, 7) is 2.24. The molecule has 2 aliphatic carbocycles. The molecule has 2 aliphatic rings. The maximum atomic E-state index is 13.1. The van der Waals surface area contributed by atoms with Crippen molar-refractivity contribution in [2.24, 2.45) is 11.8 Å². The second-order valence-electron chi connectivity index (χ2n) is 9.35. The number of carbonyl (C=O) groups excluding carboxylic acids is 1. The summed E-state index contributed by atoms with van der Waals surface area (Å²) in [5.41, 5.74) is 2.85. The Morgan fingerprint density at radius 1 is 1.06 bits per heavy atom. The van der Waals surface area contributed by atoms with Gasteiger partial charge in [-0.05, 0) is 93.2 Å². The molecule has 0 spiro atoms. The molecule has 0 radical (unpaired) electrons. The lowest BCUT2D eigenvalue weighted by Gasteiger charge is -2.31. The molecule has 0 heterocycles. The van der Waals surface area contributed by atoms with E-state index in [2.05, 4.69) is 31.2 Å². The lowest BCUT2D eigenvalue weighted by Crippen LogP contribution is -2.29. The number of nitriles is 1. The van der Waals surface area contributed by atoms with Crippen LogP contribution in [-0.4, -0.2) is 12.1 Å². The van der Waals surface area contributed by atoms with Gasteiger partial charge < -0.3 is 4.74 Å². The van der Waals surface area contributed by atoms with Crippen LogP contribution in [0.25, 0.3) is 0 Å². The van der Waals surface area contributed by atoms with Crippen LogP contribution in [0.5, 0.6) is 0 Å². The van der Waals surface area contributed by atoms with Gasteiger partial charge in [0.25, 0.3) is 0 Å². The Morgan fingerprint density at radius 2 is 1.74 bits per heavy atom. The lowest BCUT2D eigenvalue weighted by molar-refractivity contribution is -0.157. The number of ether oxygens (including phenoxy) is 1. The van der Waals surface area contributed by atoms with Crippen LogP contribution in [0, 0.1) is 23.2 Å². The number of rotatable bonds is 8. The van der Waals surface area contributed by atoms with Crippen LogP contribution >= 0.6 is 0 Å². The summed E-state index contributed by atoms with van der Waals surface area (Å²) in [6, 6.07) is 10.7. The number of aryl methyl sites for hydroxylation is 1. The minimum absolute atomic E-state index is 0.0331. The fraction of sp³-hybridized carbons (Fsp3) is 0.630. The molecule has 0 atom stereocenters. The van der Waals surface area contributed by atoms with Crippen molar-refractivity contribution in [1.82, 2.24) is 0 Å². The highest BCUT2D eigenvalue weighted by Crippen LogP contribution is 2.36. The SMILES string of the molecule is CCCCCc1ccc(C2CCC(OC(=O)C3CCC(C=C(F)C#N)CC3)CC2)cc1. The summed E-state index contributed by atoms with van der Waals surface area (Å²) < 4.78 is 19.0. The normalized spacial score (nSPS) is 26.8. The van der Waals surface area contributed by atoms with Gasteiger partial charge in [-0.1, -0.05) is 44.0 Å². The van der Waals surface area contributed by atoms with E-state index in [-0.39, 0.29) is 23.9 Å². The summed E-state index contributed by atoms with van der Waals surface area (Å²) in [5.74, 6) is -0.237. The molecule has 3 rings (SSSR count). The largest absolute Gasteiger partial charge is 0.462 e. The van der Waals surface area contributed by atoms with Gasteiger partial charge in [0.2, 0.25) is 0 Å². The van der Waals surface area contributed by atoms with Crippen LogP contribution in [0.3, 0.4) is 0 Å². The van der Waals surface area contributed by atoms with Gasteiger partial charge in [0.15, 0.2) is 5.83 Å². The Balaban J connectivity index is 1.39. The van der Waals surface area contributed by atoms with Gasteiger partial charge in [-0.15, -0.1) is 0 Å². The van der Waals surface area contributed by atoms with E-state index in [9.17, 15) is 9.18 Å². The smallest absolute Gasteiger partial charge is 0.309 e. The number of esters is 1. The van der Waals surface area contributed by atoms with Crippen molar-refractivity contribution in [1.29, 1.82) is 5.26 Å². The second kappa shape index (κ2) is 12.0. The molecule has 0 N–H and O–H groups in total. The molecule has 0 amide bonds. The topological polar surface area (TPSA) is 50.1 Å². The highest BCUT2D eigenvalue weighted by atomic mass is 19.1. The van der Waals surface area contributed by atoms with E-state index in [0.29, 0.717) is 5.92 Å². The second-order valence-corrected chi connectivity index (χ2v) is 9.35. The van der Waals surface area contributed by atoms with Crippen LogP contribution in [0.4, 0.5) is 4.39 Å². The third kappa shape index (κ3) is 7.20. The third-order valence-corrected chi connectivity index (χ3v) is 7.07. The Kier molecular flexibility index (Phi) is 9.13. The van der Waals surface area contributed by atoms with Crippen LogP contribution in [0.15, 0.2) is 36.2 Å². The van der Waals surface area contributed by atoms with Crippen molar-refractivity contribution in [3.8, 4) is 6.07 Å². The van der Waals surface area contributed by atoms with Gasteiger partial charge in [0, 0.05) is 0 Å². The molecule has 1 aromatic rings. The average Bonchev–Trinajstić information content (AvgIpc) is 2.80. The van der Waals surface area contributed by atoms with Crippen molar-refractivity contribution in [3.63, 3.8) is 0 Å². The van der Waals surface area contributed by atoms with Crippen LogP contribution in [-0.2, 0) is 16.0 Å². The van der Waals surface area contributed by atoms with Gasteiger partial charge >= 0.3 is 5.97 Å². The van der Waals surface area contributed by atoms with Crippen LogP contribution in [0.1, 0.15) is 94.6 Å². The maximum Gasteiger partial charge on any atom is 0.309 e. The number of carbonyl (C=O) groups is 1. The first-order valence-electron chi connectivity index (χ1n) is 12.2. The number of hydrogen-bond acceptors (Lipinski definition) is 3. The maximum absolute atomic E-state index is 13.1. The van der Waals surface area contributed by atoms with Crippen molar-refractivity contribution in [2.75, 3.05) is 0 Å². The molecule has 2 fully saturated rings. The van der Waals surface area contributed by atoms with E-state index in [1.54, 1.807) is 0 Å². The molecule has 31 heavy (non-hydrogen) atoms. The van der Waals surface area contributed by atoms with Crippen molar-refractivity contribution in [3.05, 3.63) is 47.3 Å². The summed E-state index contributed by atoms with van der Waals surface area (Å²) in [6.07, 6.45) is 13.4. The standard InChI is InChI=1S/C27H36FNO2/c1-2-3-4-5-20-6-10-22(11-7-20)23-14-16-26(17-15-23)31-27(30)24-12-8-21(9-13-24)18-25(28)19-29/h6-7,10-11,18,21,23-24,26H,2-5,8-9,12-17H2,1H3. The zero-order valence-electron chi connectivity index (χ0n) is 18.8. The molecular formula is C27H36FNO2. The monoisotopic (exact) mass is 425 g/mol. The van der Waals surface area contributed by atoms with Crippen molar-refractivity contribution >= 4 is 5.97 Å². The van der Waals surface area contributed by atoms with E-state index in [1.807, 2.05) is 0 Å². The summed E-state index contributed by atoms with van der Waals surface area (Å²) in [4.78, 5) is 12.6. The fourth-order valence-corrected chi connectivity index (χ4v) is 5.08. The third-order valence-electron chi connectivity index (χ3n) is 7.07. The molecule has 0 saturated heterocycles. The lowest BCUT2D eigenvalue weighted by atomic mass is 9.81. The molecule has 0 aliphatic heterocycles. The number of halogens is 1. The van der Waals surface area contributed by atoms with Gasteiger partial charge in [-0.25, -0.2) is 0 Å². The van der Waals surface area contributed by atoms with Crippen molar-refractivity contribution < 1.29 is 13.9 Å². The van der Waals surface area contributed by atoms with Gasteiger partial charge in [-0.3, -0.25) is 4.79 Å².